The van der Waals surface area contributed by atoms with Crippen molar-refractivity contribution in [3.8, 4) is 0 Å². The summed E-state index contributed by atoms with van der Waals surface area (Å²) in [6.07, 6.45) is 8.13. The molecule has 6 heteroatoms. The second kappa shape index (κ2) is 8.03. The van der Waals surface area contributed by atoms with Crippen LogP contribution in [0.1, 0.15) is 54.4 Å². The number of rotatable bonds is 5. The monoisotopic (exact) mass is 435 g/mol. The van der Waals surface area contributed by atoms with Gasteiger partial charge < -0.3 is 10.6 Å². The molecule has 4 aliphatic carbocycles. The molecule has 5 aliphatic rings. The van der Waals surface area contributed by atoms with Gasteiger partial charge in [0.2, 0.25) is 0 Å². The van der Waals surface area contributed by atoms with Crippen molar-refractivity contribution in [2.75, 3.05) is 32.7 Å². The van der Waals surface area contributed by atoms with E-state index < -0.39 is 0 Å². The van der Waals surface area contributed by atoms with Gasteiger partial charge in [0, 0.05) is 44.3 Å². The standard InChI is InChI=1S/C23H31Cl2N3O/c24-20-9-19(21(25)8-18(20)13-28-3-1-26-2-4-28)22(29)27-14-23-10-15-5-16(11-23)7-17(6-15)12-23/h8-9,15-17,26H,1-7,10-14H2,(H,27,29). The molecule has 0 radical (unpaired) electrons. The fraction of sp³-hybridized carbons (Fsp3) is 0.696. The van der Waals surface area contributed by atoms with E-state index in [-0.39, 0.29) is 5.91 Å². The molecule has 1 aromatic carbocycles. The Labute approximate surface area is 183 Å². The van der Waals surface area contributed by atoms with Crippen molar-refractivity contribution in [1.82, 2.24) is 15.5 Å². The van der Waals surface area contributed by atoms with Crippen molar-refractivity contribution in [3.05, 3.63) is 33.3 Å². The van der Waals surface area contributed by atoms with Crippen molar-refractivity contribution in [3.63, 3.8) is 0 Å². The van der Waals surface area contributed by atoms with E-state index in [1.807, 2.05) is 6.07 Å². The summed E-state index contributed by atoms with van der Waals surface area (Å²) < 4.78 is 0. The number of hydrogen-bond donors (Lipinski definition) is 2. The minimum absolute atomic E-state index is 0.0821. The molecule has 1 aromatic rings. The number of piperazine rings is 1. The fourth-order valence-electron chi connectivity index (χ4n) is 6.86. The SMILES string of the molecule is O=C(NCC12CC3CC(CC(C3)C1)C2)c1cc(Cl)c(CN2CCNCC2)cc1Cl. The van der Waals surface area contributed by atoms with Crippen LogP contribution in [-0.4, -0.2) is 43.5 Å². The summed E-state index contributed by atoms with van der Waals surface area (Å²) >= 11 is 13.1. The van der Waals surface area contributed by atoms with Crippen molar-refractivity contribution in [2.45, 2.75) is 45.1 Å². The topological polar surface area (TPSA) is 44.4 Å². The van der Waals surface area contributed by atoms with E-state index in [0.717, 1.165) is 62.6 Å². The van der Waals surface area contributed by atoms with Crippen molar-refractivity contribution < 1.29 is 4.79 Å². The van der Waals surface area contributed by atoms with Gasteiger partial charge in [-0.2, -0.15) is 0 Å². The Hall–Kier alpha value is -0.810. The van der Waals surface area contributed by atoms with E-state index >= 15 is 0 Å². The summed E-state index contributed by atoms with van der Waals surface area (Å²) in [4.78, 5) is 15.3. The lowest BCUT2D eigenvalue weighted by atomic mass is 9.49. The largest absolute Gasteiger partial charge is 0.351 e. The predicted molar refractivity (Wildman–Crippen MR) is 118 cm³/mol. The molecule has 1 heterocycles. The third-order valence-electron chi connectivity index (χ3n) is 7.77. The Morgan fingerprint density at radius 2 is 1.66 bits per heavy atom. The molecule has 0 atom stereocenters. The molecule has 29 heavy (non-hydrogen) atoms. The molecule has 2 N–H and O–H groups in total. The maximum Gasteiger partial charge on any atom is 0.252 e. The summed E-state index contributed by atoms with van der Waals surface area (Å²) in [5.41, 5.74) is 1.82. The van der Waals surface area contributed by atoms with Crippen LogP contribution in [0.3, 0.4) is 0 Å². The Balaban J connectivity index is 1.24. The second-order valence-electron chi connectivity index (χ2n) is 10.0. The second-order valence-corrected chi connectivity index (χ2v) is 10.9. The molecule has 4 saturated carbocycles. The minimum Gasteiger partial charge on any atom is -0.351 e. The van der Waals surface area contributed by atoms with Gasteiger partial charge in [-0.1, -0.05) is 23.2 Å². The molecule has 0 spiro atoms. The van der Waals surface area contributed by atoms with Gasteiger partial charge in [-0.05, 0) is 79.4 Å². The highest BCUT2D eigenvalue weighted by Crippen LogP contribution is 2.59. The predicted octanol–water partition coefficient (Wildman–Crippen LogP) is 4.34. The molecule has 6 rings (SSSR count). The number of halogens is 2. The quantitative estimate of drug-likeness (QED) is 0.722. The van der Waals surface area contributed by atoms with Crippen LogP contribution < -0.4 is 10.6 Å². The summed E-state index contributed by atoms with van der Waals surface area (Å²) in [5, 5.41) is 7.72. The summed E-state index contributed by atoms with van der Waals surface area (Å²) in [6, 6.07) is 3.64. The molecule has 158 valence electrons. The smallest absolute Gasteiger partial charge is 0.252 e. The third kappa shape index (κ3) is 4.19. The number of carbonyl (C=O) groups excluding carboxylic acids is 1. The van der Waals surface area contributed by atoms with E-state index in [9.17, 15) is 4.79 Å². The van der Waals surface area contributed by atoms with Crippen LogP contribution in [0.2, 0.25) is 10.0 Å². The first-order valence-corrected chi connectivity index (χ1v) is 11.9. The Morgan fingerprint density at radius 3 is 2.28 bits per heavy atom. The number of hydrogen-bond acceptors (Lipinski definition) is 3. The van der Waals surface area contributed by atoms with Gasteiger partial charge in [0.05, 0.1) is 10.6 Å². The highest BCUT2D eigenvalue weighted by atomic mass is 35.5. The summed E-state index contributed by atoms with van der Waals surface area (Å²) in [7, 11) is 0. The molecule has 4 nitrogen and oxygen atoms in total. The van der Waals surface area contributed by atoms with Crippen molar-refractivity contribution >= 4 is 29.1 Å². The summed E-state index contributed by atoms with van der Waals surface area (Å²) in [6.45, 7) is 5.55. The van der Waals surface area contributed by atoms with Gasteiger partial charge in [-0.15, -0.1) is 0 Å². The van der Waals surface area contributed by atoms with E-state index in [1.54, 1.807) is 6.07 Å². The lowest BCUT2D eigenvalue weighted by molar-refractivity contribution is -0.0503. The van der Waals surface area contributed by atoms with Crippen molar-refractivity contribution in [1.29, 1.82) is 0 Å². The first-order valence-electron chi connectivity index (χ1n) is 11.2. The number of carbonyl (C=O) groups is 1. The molecule has 0 unspecified atom stereocenters. The highest BCUT2D eigenvalue weighted by molar-refractivity contribution is 6.36. The average molecular weight is 436 g/mol. The molecule has 4 bridgehead atoms. The zero-order valence-electron chi connectivity index (χ0n) is 17.0. The van der Waals surface area contributed by atoms with E-state index in [2.05, 4.69) is 15.5 Å². The molecular weight excluding hydrogens is 405 g/mol. The van der Waals surface area contributed by atoms with Crippen LogP contribution in [-0.2, 0) is 6.54 Å². The van der Waals surface area contributed by atoms with Gasteiger partial charge in [0.15, 0.2) is 0 Å². The highest BCUT2D eigenvalue weighted by Gasteiger charge is 2.50. The number of amides is 1. The lowest BCUT2D eigenvalue weighted by Gasteiger charge is -2.56. The first kappa shape index (κ1) is 20.1. The summed E-state index contributed by atoms with van der Waals surface area (Å²) in [5.74, 6) is 2.59. The third-order valence-corrected chi connectivity index (χ3v) is 8.44. The first-order chi connectivity index (χ1) is 14.0. The van der Waals surface area contributed by atoms with Gasteiger partial charge >= 0.3 is 0 Å². The van der Waals surface area contributed by atoms with Crippen LogP contribution in [0.4, 0.5) is 0 Å². The van der Waals surface area contributed by atoms with E-state index in [1.165, 1.54) is 38.5 Å². The normalized spacial score (nSPS) is 33.8. The molecule has 0 aromatic heterocycles. The van der Waals surface area contributed by atoms with Crippen molar-refractivity contribution in [2.24, 2.45) is 23.2 Å². The molecule has 1 aliphatic heterocycles. The van der Waals surface area contributed by atoms with E-state index in [0.29, 0.717) is 21.0 Å². The average Bonchev–Trinajstić information content (AvgIpc) is 2.68. The Bertz CT molecular complexity index is 755. The zero-order chi connectivity index (χ0) is 20.0. The van der Waals surface area contributed by atoms with Crippen LogP contribution >= 0.6 is 23.2 Å². The fourth-order valence-corrected chi connectivity index (χ4v) is 7.36. The maximum atomic E-state index is 12.9. The van der Waals surface area contributed by atoms with Crippen LogP contribution in [0.5, 0.6) is 0 Å². The van der Waals surface area contributed by atoms with Crippen LogP contribution in [0.25, 0.3) is 0 Å². The van der Waals surface area contributed by atoms with Crippen LogP contribution in [0.15, 0.2) is 12.1 Å². The molecule has 1 amide bonds. The Morgan fingerprint density at radius 1 is 1.03 bits per heavy atom. The van der Waals surface area contributed by atoms with E-state index in [4.69, 9.17) is 23.2 Å². The Kier molecular flexibility index (Phi) is 5.57. The number of benzene rings is 1. The minimum atomic E-state index is -0.0821. The van der Waals surface area contributed by atoms with Gasteiger partial charge in [0.25, 0.3) is 5.91 Å². The zero-order valence-corrected chi connectivity index (χ0v) is 18.5. The molecule has 5 fully saturated rings. The lowest BCUT2D eigenvalue weighted by Crippen LogP contribution is -2.51. The van der Waals surface area contributed by atoms with Gasteiger partial charge in [0.1, 0.15) is 0 Å². The number of nitrogens with one attached hydrogen (secondary N) is 2. The van der Waals surface area contributed by atoms with Gasteiger partial charge in [-0.3, -0.25) is 9.69 Å². The van der Waals surface area contributed by atoms with Gasteiger partial charge in [-0.25, -0.2) is 0 Å². The van der Waals surface area contributed by atoms with Crippen LogP contribution in [0, 0.1) is 23.2 Å². The molecular formula is C23H31Cl2N3O. The number of nitrogens with zero attached hydrogens (tertiary/aromatic N) is 1. The molecule has 1 saturated heterocycles. The maximum absolute atomic E-state index is 12.9.